The van der Waals surface area contributed by atoms with Gasteiger partial charge in [-0.25, -0.2) is 8.78 Å². The molecule has 1 aliphatic rings. The molecule has 0 atom stereocenters. The highest BCUT2D eigenvalue weighted by atomic mass is 19.1. The fraction of sp³-hybridized carbons (Fsp3) is 0.400. The number of halogens is 2. The molecule has 138 valence electrons. The molecule has 2 aromatic carbocycles. The Bertz CT molecular complexity index is 777. The van der Waals surface area contributed by atoms with E-state index >= 15 is 0 Å². The molecule has 26 heavy (non-hydrogen) atoms. The maximum absolute atomic E-state index is 14.2. The molecule has 0 radical (unpaired) electrons. The van der Waals surface area contributed by atoms with Crippen LogP contribution in [0.25, 0.3) is 0 Å². The van der Waals surface area contributed by atoms with E-state index in [9.17, 15) is 8.78 Å². The van der Waals surface area contributed by atoms with Gasteiger partial charge in [0.05, 0.1) is 11.2 Å². The second-order valence-corrected chi connectivity index (χ2v) is 7.81. The average Bonchev–Trinajstić information content (AvgIpc) is 2.75. The first-order valence-corrected chi connectivity index (χ1v) is 8.69. The quantitative estimate of drug-likeness (QED) is 0.773. The van der Waals surface area contributed by atoms with Crippen molar-refractivity contribution in [3.8, 4) is 0 Å². The Hall–Kier alpha value is -1.92. The zero-order valence-corrected chi connectivity index (χ0v) is 15.8. The molecule has 0 N–H and O–H groups in total. The molecule has 0 saturated carbocycles. The summed E-state index contributed by atoms with van der Waals surface area (Å²) in [7, 11) is 1.28. The van der Waals surface area contributed by atoms with Gasteiger partial charge in [0, 0.05) is 19.3 Å². The van der Waals surface area contributed by atoms with Crippen LogP contribution < -0.4 is 10.4 Å². The standard InChI is InChI=1S/C20H24BF2NO2/c1-19(2)20(3,4)26-21(25-19)15-10-14(11-17(23)12-15)13-24(5)18-8-6-16(22)7-9-18/h6-12H,13H2,1-5H3. The lowest BCUT2D eigenvalue weighted by Crippen LogP contribution is -2.41. The lowest BCUT2D eigenvalue weighted by atomic mass is 9.78. The zero-order chi connectivity index (χ0) is 19.1. The first-order chi connectivity index (χ1) is 12.1. The molecule has 6 heteroatoms. The van der Waals surface area contributed by atoms with E-state index in [0.29, 0.717) is 12.0 Å². The molecule has 0 amide bonds. The smallest absolute Gasteiger partial charge is 0.399 e. The molecule has 0 aromatic heterocycles. The van der Waals surface area contributed by atoms with Gasteiger partial charge in [-0.2, -0.15) is 0 Å². The van der Waals surface area contributed by atoms with Crippen LogP contribution in [0.5, 0.6) is 0 Å². The van der Waals surface area contributed by atoms with Gasteiger partial charge in [0.15, 0.2) is 0 Å². The lowest BCUT2D eigenvalue weighted by Gasteiger charge is -2.32. The number of hydrogen-bond donors (Lipinski definition) is 0. The van der Waals surface area contributed by atoms with E-state index in [1.54, 1.807) is 12.1 Å². The molecular weight excluding hydrogens is 335 g/mol. The van der Waals surface area contributed by atoms with Crippen LogP contribution in [-0.4, -0.2) is 25.4 Å². The molecule has 2 aromatic rings. The van der Waals surface area contributed by atoms with Crippen molar-refractivity contribution in [1.82, 2.24) is 0 Å². The van der Waals surface area contributed by atoms with Gasteiger partial charge in [-0.1, -0.05) is 6.07 Å². The van der Waals surface area contributed by atoms with E-state index in [4.69, 9.17) is 9.31 Å². The van der Waals surface area contributed by atoms with Gasteiger partial charge in [-0.3, -0.25) is 0 Å². The van der Waals surface area contributed by atoms with Gasteiger partial charge < -0.3 is 14.2 Å². The molecule has 3 nitrogen and oxygen atoms in total. The Kier molecular flexibility index (Phi) is 4.84. The summed E-state index contributed by atoms with van der Waals surface area (Å²) in [6.45, 7) is 8.35. The second-order valence-electron chi connectivity index (χ2n) is 7.81. The van der Waals surface area contributed by atoms with Crippen LogP contribution >= 0.6 is 0 Å². The number of hydrogen-bond acceptors (Lipinski definition) is 3. The summed E-state index contributed by atoms with van der Waals surface area (Å²) in [5.41, 5.74) is 1.35. The van der Waals surface area contributed by atoms with E-state index in [1.807, 2.05) is 45.7 Å². The summed E-state index contributed by atoms with van der Waals surface area (Å²) in [4.78, 5) is 1.93. The van der Waals surface area contributed by atoms with Crippen molar-refractivity contribution < 1.29 is 18.1 Å². The molecule has 0 bridgehead atoms. The first kappa shape index (κ1) is 18.9. The Morgan fingerprint density at radius 3 is 2.04 bits per heavy atom. The van der Waals surface area contributed by atoms with Crippen LogP contribution in [0.1, 0.15) is 33.3 Å². The molecule has 0 aliphatic carbocycles. The van der Waals surface area contributed by atoms with Gasteiger partial charge in [0.2, 0.25) is 0 Å². The molecule has 3 rings (SSSR count). The van der Waals surface area contributed by atoms with Gasteiger partial charge in [-0.05, 0) is 75.1 Å². The molecular formula is C20H24BF2NO2. The number of benzene rings is 2. The topological polar surface area (TPSA) is 21.7 Å². The molecule has 0 spiro atoms. The highest BCUT2D eigenvalue weighted by molar-refractivity contribution is 6.62. The molecule has 1 saturated heterocycles. The van der Waals surface area contributed by atoms with E-state index in [0.717, 1.165) is 11.3 Å². The van der Waals surface area contributed by atoms with Crippen LogP contribution in [0.2, 0.25) is 0 Å². The Balaban J connectivity index is 1.81. The van der Waals surface area contributed by atoms with Crippen molar-refractivity contribution in [2.24, 2.45) is 0 Å². The minimum absolute atomic E-state index is 0.282. The number of nitrogens with zero attached hydrogens (tertiary/aromatic N) is 1. The van der Waals surface area contributed by atoms with Crippen molar-refractivity contribution >= 4 is 18.3 Å². The third-order valence-corrected chi connectivity index (χ3v) is 5.19. The molecule has 1 fully saturated rings. The summed E-state index contributed by atoms with van der Waals surface area (Å²) in [6.07, 6.45) is 0. The molecule has 1 aliphatic heterocycles. The molecule has 0 unspecified atom stereocenters. The monoisotopic (exact) mass is 359 g/mol. The van der Waals surface area contributed by atoms with Crippen molar-refractivity contribution in [2.45, 2.75) is 45.4 Å². The lowest BCUT2D eigenvalue weighted by molar-refractivity contribution is 0.00578. The SMILES string of the molecule is CN(Cc1cc(F)cc(B2OC(C)(C)C(C)(C)O2)c1)c1ccc(F)cc1. The summed E-state index contributed by atoms with van der Waals surface area (Å²) in [5, 5.41) is 0. The Morgan fingerprint density at radius 1 is 0.885 bits per heavy atom. The van der Waals surface area contributed by atoms with E-state index in [1.165, 1.54) is 24.3 Å². The van der Waals surface area contributed by atoms with Gasteiger partial charge in [-0.15, -0.1) is 0 Å². The first-order valence-electron chi connectivity index (χ1n) is 8.69. The predicted octanol–water partition coefficient (Wildman–Crippen LogP) is 3.90. The van der Waals surface area contributed by atoms with Crippen LogP contribution in [-0.2, 0) is 15.9 Å². The summed E-state index contributed by atoms with van der Waals surface area (Å²) in [6, 6.07) is 11.1. The normalized spacial score (nSPS) is 18.2. The Morgan fingerprint density at radius 2 is 1.46 bits per heavy atom. The van der Waals surface area contributed by atoms with Crippen molar-refractivity contribution in [3.05, 3.63) is 59.7 Å². The Labute approximate surface area is 154 Å². The predicted molar refractivity (Wildman–Crippen MR) is 101 cm³/mol. The van der Waals surface area contributed by atoms with Crippen LogP contribution in [0.15, 0.2) is 42.5 Å². The fourth-order valence-electron chi connectivity index (χ4n) is 2.94. The van der Waals surface area contributed by atoms with Gasteiger partial charge in [0.1, 0.15) is 11.6 Å². The zero-order valence-electron chi connectivity index (χ0n) is 15.8. The molecule has 1 heterocycles. The number of rotatable bonds is 4. The van der Waals surface area contributed by atoms with E-state index < -0.39 is 18.3 Å². The minimum atomic E-state index is -0.606. The highest BCUT2D eigenvalue weighted by Gasteiger charge is 2.51. The minimum Gasteiger partial charge on any atom is -0.399 e. The third kappa shape index (κ3) is 3.76. The number of anilines is 1. The van der Waals surface area contributed by atoms with Gasteiger partial charge in [0.25, 0.3) is 0 Å². The van der Waals surface area contributed by atoms with Crippen molar-refractivity contribution in [3.63, 3.8) is 0 Å². The van der Waals surface area contributed by atoms with Crippen molar-refractivity contribution in [1.29, 1.82) is 0 Å². The third-order valence-electron chi connectivity index (χ3n) is 5.19. The summed E-state index contributed by atoms with van der Waals surface area (Å²) < 4.78 is 39.3. The summed E-state index contributed by atoms with van der Waals surface area (Å²) >= 11 is 0. The maximum atomic E-state index is 14.2. The maximum Gasteiger partial charge on any atom is 0.494 e. The largest absolute Gasteiger partial charge is 0.494 e. The summed E-state index contributed by atoms with van der Waals surface area (Å²) in [5.74, 6) is -0.615. The van der Waals surface area contributed by atoms with Crippen LogP contribution in [0, 0.1) is 11.6 Å². The highest BCUT2D eigenvalue weighted by Crippen LogP contribution is 2.36. The van der Waals surface area contributed by atoms with Crippen LogP contribution in [0.4, 0.5) is 14.5 Å². The van der Waals surface area contributed by atoms with E-state index in [2.05, 4.69) is 0 Å². The second kappa shape index (κ2) is 6.67. The van der Waals surface area contributed by atoms with Gasteiger partial charge >= 0.3 is 7.12 Å². The van der Waals surface area contributed by atoms with Crippen molar-refractivity contribution in [2.75, 3.05) is 11.9 Å². The van der Waals surface area contributed by atoms with E-state index in [-0.39, 0.29) is 11.6 Å². The fourth-order valence-corrected chi connectivity index (χ4v) is 2.94. The average molecular weight is 359 g/mol. The van der Waals surface area contributed by atoms with Crippen LogP contribution in [0.3, 0.4) is 0 Å².